The Balaban J connectivity index is 1.60. The minimum absolute atomic E-state index is 0.578. The first kappa shape index (κ1) is 21.9. The van der Waals surface area contributed by atoms with E-state index < -0.39 is 0 Å². The number of nitrogens with zero attached hydrogens (tertiary/aromatic N) is 2. The van der Waals surface area contributed by atoms with Gasteiger partial charge in [0.15, 0.2) is 11.5 Å². The third-order valence-corrected chi connectivity index (χ3v) is 5.90. The Bertz CT molecular complexity index is 1210. The Morgan fingerprint density at radius 3 is 2.50 bits per heavy atom. The van der Waals surface area contributed by atoms with Gasteiger partial charge < -0.3 is 9.47 Å². The van der Waals surface area contributed by atoms with Crippen molar-refractivity contribution in [2.24, 2.45) is 5.10 Å². The molecule has 162 valence electrons. The van der Waals surface area contributed by atoms with Crippen molar-refractivity contribution in [3.63, 3.8) is 0 Å². The van der Waals surface area contributed by atoms with Gasteiger partial charge in [-0.2, -0.15) is 5.10 Å². The van der Waals surface area contributed by atoms with Crippen molar-refractivity contribution in [3.05, 3.63) is 83.4 Å². The van der Waals surface area contributed by atoms with E-state index in [4.69, 9.17) is 26.1 Å². The summed E-state index contributed by atoms with van der Waals surface area (Å²) in [6, 6.07) is 23.6. The van der Waals surface area contributed by atoms with Gasteiger partial charge in [0, 0.05) is 10.6 Å². The molecule has 0 spiro atoms. The SMILES string of the molecule is CCOc1ccc(/C=N\Nc2nc(-c3ccccc3)c(-c3ccc(Cl)cc3)s2)cc1OC. The van der Waals surface area contributed by atoms with E-state index in [0.29, 0.717) is 28.3 Å². The lowest BCUT2D eigenvalue weighted by molar-refractivity contribution is 0.311. The van der Waals surface area contributed by atoms with Crippen LogP contribution < -0.4 is 14.9 Å². The quantitative estimate of drug-likeness (QED) is 0.226. The maximum absolute atomic E-state index is 6.08. The third-order valence-electron chi connectivity index (χ3n) is 4.64. The fraction of sp³-hybridized carbons (Fsp3) is 0.120. The van der Waals surface area contributed by atoms with E-state index in [1.54, 1.807) is 24.7 Å². The molecule has 5 nitrogen and oxygen atoms in total. The van der Waals surface area contributed by atoms with Crippen molar-refractivity contribution in [2.75, 3.05) is 19.1 Å². The summed E-state index contributed by atoms with van der Waals surface area (Å²) < 4.78 is 11.0. The monoisotopic (exact) mass is 463 g/mol. The summed E-state index contributed by atoms with van der Waals surface area (Å²) in [7, 11) is 1.62. The van der Waals surface area contributed by atoms with Gasteiger partial charge in [0.2, 0.25) is 5.13 Å². The van der Waals surface area contributed by atoms with Crippen LogP contribution >= 0.6 is 22.9 Å². The van der Waals surface area contributed by atoms with Crippen LogP contribution in [-0.4, -0.2) is 24.9 Å². The number of hydrogen-bond donors (Lipinski definition) is 1. The zero-order valence-corrected chi connectivity index (χ0v) is 19.3. The lowest BCUT2D eigenvalue weighted by Crippen LogP contribution is -1.96. The molecule has 0 aliphatic heterocycles. The summed E-state index contributed by atoms with van der Waals surface area (Å²) in [5.74, 6) is 1.38. The average molecular weight is 464 g/mol. The van der Waals surface area contributed by atoms with E-state index in [9.17, 15) is 0 Å². The van der Waals surface area contributed by atoms with Crippen molar-refractivity contribution in [2.45, 2.75) is 6.92 Å². The standard InChI is InChI=1S/C25H22ClN3O2S/c1-3-31-21-14-9-17(15-22(21)30-2)16-27-29-25-28-23(18-7-5-4-6-8-18)24(32-25)19-10-12-20(26)13-11-19/h4-16H,3H2,1-2H3,(H,28,29)/b27-16-. The molecule has 0 aliphatic rings. The number of nitrogens with one attached hydrogen (secondary N) is 1. The molecule has 0 unspecified atom stereocenters. The zero-order valence-electron chi connectivity index (χ0n) is 17.7. The maximum Gasteiger partial charge on any atom is 0.204 e. The molecule has 1 aromatic heterocycles. The summed E-state index contributed by atoms with van der Waals surface area (Å²) in [6.07, 6.45) is 1.73. The molecule has 4 rings (SSSR count). The molecule has 0 amide bonds. The first-order chi connectivity index (χ1) is 15.7. The Morgan fingerprint density at radius 2 is 1.78 bits per heavy atom. The number of aromatic nitrogens is 1. The Morgan fingerprint density at radius 1 is 1.00 bits per heavy atom. The van der Waals surface area contributed by atoms with Crippen LogP contribution in [0.4, 0.5) is 5.13 Å². The van der Waals surface area contributed by atoms with Gasteiger partial charge in [-0.15, -0.1) is 0 Å². The number of benzene rings is 3. The van der Waals surface area contributed by atoms with E-state index >= 15 is 0 Å². The molecule has 0 radical (unpaired) electrons. The minimum Gasteiger partial charge on any atom is -0.493 e. The molecule has 0 saturated carbocycles. The Labute approximate surface area is 196 Å². The first-order valence-corrected chi connectivity index (χ1v) is 11.3. The Kier molecular flexibility index (Phi) is 7.04. The van der Waals surface area contributed by atoms with Gasteiger partial charge in [0.1, 0.15) is 0 Å². The summed E-state index contributed by atoms with van der Waals surface area (Å²) in [6.45, 7) is 2.52. The molecule has 1 heterocycles. The highest BCUT2D eigenvalue weighted by Crippen LogP contribution is 2.39. The number of ether oxygens (including phenoxy) is 2. The van der Waals surface area contributed by atoms with Gasteiger partial charge >= 0.3 is 0 Å². The molecule has 1 N–H and O–H groups in total. The number of hydrazone groups is 1. The van der Waals surface area contributed by atoms with E-state index in [1.807, 2.05) is 79.7 Å². The third kappa shape index (κ3) is 5.10. The second-order valence-electron chi connectivity index (χ2n) is 6.78. The van der Waals surface area contributed by atoms with Crippen LogP contribution in [0.25, 0.3) is 21.7 Å². The Hall–Kier alpha value is -3.35. The van der Waals surface area contributed by atoms with Crippen LogP contribution in [0.3, 0.4) is 0 Å². The predicted octanol–water partition coefficient (Wildman–Crippen LogP) is 6.98. The summed E-state index contributed by atoms with van der Waals surface area (Å²) in [5, 5.41) is 5.77. The molecule has 4 aromatic rings. The highest BCUT2D eigenvalue weighted by molar-refractivity contribution is 7.19. The summed E-state index contributed by atoms with van der Waals surface area (Å²) in [5.41, 5.74) is 6.95. The van der Waals surface area contributed by atoms with Gasteiger partial charge in [-0.25, -0.2) is 4.98 Å². The fourth-order valence-corrected chi connectivity index (χ4v) is 4.23. The lowest BCUT2D eigenvalue weighted by Gasteiger charge is -2.09. The summed E-state index contributed by atoms with van der Waals surface area (Å²) >= 11 is 7.62. The van der Waals surface area contributed by atoms with Crippen molar-refractivity contribution >= 4 is 34.3 Å². The molecule has 3 aromatic carbocycles. The normalized spacial score (nSPS) is 11.0. The van der Waals surface area contributed by atoms with Crippen molar-refractivity contribution in [1.82, 2.24) is 4.98 Å². The number of anilines is 1. The molecule has 0 aliphatic carbocycles. The van der Waals surface area contributed by atoms with Crippen molar-refractivity contribution in [3.8, 4) is 33.2 Å². The van der Waals surface area contributed by atoms with Crippen LogP contribution in [0.2, 0.25) is 5.02 Å². The highest BCUT2D eigenvalue weighted by atomic mass is 35.5. The van der Waals surface area contributed by atoms with Gasteiger partial charge in [0.05, 0.1) is 30.5 Å². The molecule has 32 heavy (non-hydrogen) atoms. The van der Waals surface area contributed by atoms with E-state index in [-0.39, 0.29) is 0 Å². The minimum atomic E-state index is 0.578. The molecule has 7 heteroatoms. The largest absolute Gasteiger partial charge is 0.493 e. The van der Waals surface area contributed by atoms with Crippen molar-refractivity contribution in [1.29, 1.82) is 0 Å². The van der Waals surface area contributed by atoms with Gasteiger partial charge in [-0.3, -0.25) is 5.43 Å². The lowest BCUT2D eigenvalue weighted by atomic mass is 10.1. The van der Waals surface area contributed by atoms with E-state index in [1.165, 1.54) is 0 Å². The fourth-order valence-electron chi connectivity index (χ4n) is 3.16. The number of thiazole rings is 1. The molecular formula is C25H22ClN3O2S. The number of hydrogen-bond acceptors (Lipinski definition) is 6. The number of methoxy groups -OCH3 is 1. The smallest absolute Gasteiger partial charge is 0.204 e. The molecule has 0 bridgehead atoms. The second kappa shape index (κ2) is 10.3. The maximum atomic E-state index is 6.08. The molecular weight excluding hydrogens is 442 g/mol. The zero-order chi connectivity index (χ0) is 22.3. The van der Waals surface area contributed by atoms with Gasteiger partial charge in [-0.05, 0) is 48.4 Å². The van der Waals surface area contributed by atoms with Crippen LogP contribution in [0.5, 0.6) is 11.5 Å². The van der Waals surface area contributed by atoms with E-state index in [2.05, 4.69) is 10.5 Å². The second-order valence-corrected chi connectivity index (χ2v) is 8.22. The average Bonchev–Trinajstić information content (AvgIpc) is 3.25. The molecule has 0 fully saturated rings. The topological polar surface area (TPSA) is 55.7 Å². The molecule has 0 atom stereocenters. The van der Waals surface area contributed by atoms with E-state index in [0.717, 1.165) is 27.3 Å². The van der Waals surface area contributed by atoms with Crippen LogP contribution in [-0.2, 0) is 0 Å². The van der Waals surface area contributed by atoms with Crippen LogP contribution in [0.1, 0.15) is 12.5 Å². The number of rotatable bonds is 8. The first-order valence-electron chi connectivity index (χ1n) is 10.1. The summed E-state index contributed by atoms with van der Waals surface area (Å²) in [4.78, 5) is 5.85. The van der Waals surface area contributed by atoms with Crippen molar-refractivity contribution < 1.29 is 9.47 Å². The van der Waals surface area contributed by atoms with Gasteiger partial charge in [-0.1, -0.05) is 65.4 Å². The number of halogens is 1. The molecule has 0 saturated heterocycles. The predicted molar refractivity (Wildman–Crippen MR) is 133 cm³/mol. The highest BCUT2D eigenvalue weighted by Gasteiger charge is 2.15. The van der Waals surface area contributed by atoms with Crippen LogP contribution in [0, 0.1) is 0 Å². The van der Waals surface area contributed by atoms with Crippen LogP contribution in [0.15, 0.2) is 77.9 Å². The van der Waals surface area contributed by atoms with Gasteiger partial charge in [0.25, 0.3) is 0 Å².